The van der Waals surface area contributed by atoms with Crippen molar-refractivity contribution < 1.29 is 14.3 Å². The van der Waals surface area contributed by atoms with Gasteiger partial charge in [-0.15, -0.1) is 0 Å². The molecule has 110 valence electrons. The summed E-state index contributed by atoms with van der Waals surface area (Å²) in [5.74, 6) is 1.48. The lowest BCUT2D eigenvalue weighted by molar-refractivity contribution is -0.132. The Labute approximate surface area is 119 Å². The maximum atomic E-state index is 11.9. The van der Waals surface area contributed by atoms with Crippen LogP contribution in [-0.4, -0.2) is 44.2 Å². The van der Waals surface area contributed by atoms with Crippen molar-refractivity contribution in [3.05, 3.63) is 23.8 Å². The zero-order chi connectivity index (χ0) is 14.5. The highest BCUT2D eigenvalue weighted by atomic mass is 16.5. The van der Waals surface area contributed by atoms with Gasteiger partial charge in [-0.2, -0.15) is 0 Å². The van der Waals surface area contributed by atoms with Gasteiger partial charge in [0.15, 0.2) is 6.61 Å². The molecule has 0 spiro atoms. The van der Waals surface area contributed by atoms with Crippen molar-refractivity contribution in [1.82, 2.24) is 4.90 Å². The fourth-order valence-electron chi connectivity index (χ4n) is 2.08. The van der Waals surface area contributed by atoms with Crippen LogP contribution in [0.5, 0.6) is 11.5 Å². The van der Waals surface area contributed by atoms with Crippen molar-refractivity contribution in [2.75, 3.05) is 27.3 Å². The average molecular weight is 278 g/mol. The van der Waals surface area contributed by atoms with Crippen LogP contribution < -0.4 is 15.2 Å². The van der Waals surface area contributed by atoms with Gasteiger partial charge < -0.3 is 20.1 Å². The van der Waals surface area contributed by atoms with E-state index in [0.717, 1.165) is 24.2 Å². The molecule has 0 aliphatic heterocycles. The summed E-state index contributed by atoms with van der Waals surface area (Å²) >= 11 is 0. The van der Waals surface area contributed by atoms with E-state index >= 15 is 0 Å². The molecule has 1 aromatic carbocycles. The van der Waals surface area contributed by atoms with Crippen LogP contribution in [-0.2, 0) is 11.2 Å². The minimum absolute atomic E-state index is 0.0158. The molecule has 1 amide bonds. The molecule has 0 saturated heterocycles. The van der Waals surface area contributed by atoms with Crippen LogP contribution in [0.4, 0.5) is 0 Å². The van der Waals surface area contributed by atoms with Crippen molar-refractivity contribution in [1.29, 1.82) is 0 Å². The van der Waals surface area contributed by atoms with Gasteiger partial charge in [0, 0.05) is 13.1 Å². The molecule has 0 bridgehead atoms. The van der Waals surface area contributed by atoms with E-state index in [4.69, 9.17) is 15.2 Å². The molecule has 5 heteroatoms. The van der Waals surface area contributed by atoms with Crippen molar-refractivity contribution >= 4 is 5.91 Å². The van der Waals surface area contributed by atoms with E-state index in [1.165, 1.54) is 0 Å². The van der Waals surface area contributed by atoms with Crippen LogP contribution in [0.15, 0.2) is 18.2 Å². The Hall–Kier alpha value is -1.75. The molecule has 5 nitrogen and oxygen atoms in total. The highest BCUT2D eigenvalue weighted by molar-refractivity contribution is 5.78. The number of amides is 1. The van der Waals surface area contributed by atoms with Crippen LogP contribution >= 0.6 is 0 Å². The van der Waals surface area contributed by atoms with Gasteiger partial charge in [0.25, 0.3) is 5.91 Å². The molecule has 1 fully saturated rings. The summed E-state index contributed by atoms with van der Waals surface area (Å²) < 4.78 is 10.8. The van der Waals surface area contributed by atoms with Crippen LogP contribution in [0.1, 0.15) is 18.4 Å². The maximum absolute atomic E-state index is 11.9. The Morgan fingerprint density at radius 1 is 1.45 bits per heavy atom. The van der Waals surface area contributed by atoms with E-state index in [1.54, 1.807) is 12.0 Å². The van der Waals surface area contributed by atoms with E-state index in [0.29, 0.717) is 24.8 Å². The Balaban J connectivity index is 1.98. The third-order valence-electron chi connectivity index (χ3n) is 3.52. The summed E-state index contributed by atoms with van der Waals surface area (Å²) in [6.07, 6.45) is 2.89. The molecule has 2 rings (SSSR count). The molecule has 0 aromatic heterocycles. The summed E-state index contributed by atoms with van der Waals surface area (Å²) in [6.45, 7) is 0.594. The van der Waals surface area contributed by atoms with Crippen molar-refractivity contribution in [2.24, 2.45) is 5.73 Å². The van der Waals surface area contributed by atoms with Gasteiger partial charge in [0.2, 0.25) is 0 Å². The quantitative estimate of drug-likeness (QED) is 0.814. The first kappa shape index (κ1) is 14.7. The van der Waals surface area contributed by atoms with Gasteiger partial charge >= 0.3 is 0 Å². The zero-order valence-electron chi connectivity index (χ0n) is 12.1. The molecular weight excluding hydrogens is 256 g/mol. The van der Waals surface area contributed by atoms with Gasteiger partial charge in [-0.1, -0.05) is 0 Å². The smallest absolute Gasteiger partial charge is 0.260 e. The Bertz CT molecular complexity index is 472. The highest BCUT2D eigenvalue weighted by Crippen LogP contribution is 2.27. The number of hydrogen-bond acceptors (Lipinski definition) is 4. The Morgan fingerprint density at radius 2 is 2.20 bits per heavy atom. The van der Waals surface area contributed by atoms with Crippen molar-refractivity contribution in [3.63, 3.8) is 0 Å². The average Bonchev–Trinajstić information content (AvgIpc) is 3.29. The van der Waals surface area contributed by atoms with Gasteiger partial charge in [-0.3, -0.25) is 4.79 Å². The standard InChI is InChI=1S/C15H22N2O3/c1-17(12-3-4-12)15(18)10-20-14-6-5-13(19-2)9-11(14)7-8-16/h5-6,9,12H,3-4,7-8,10,16H2,1-2H3. The van der Waals surface area contributed by atoms with E-state index in [-0.39, 0.29) is 12.5 Å². The third-order valence-corrected chi connectivity index (χ3v) is 3.52. The highest BCUT2D eigenvalue weighted by Gasteiger charge is 2.29. The van der Waals surface area contributed by atoms with E-state index < -0.39 is 0 Å². The van der Waals surface area contributed by atoms with Crippen LogP contribution in [0.2, 0.25) is 0 Å². The summed E-state index contributed by atoms with van der Waals surface area (Å²) in [7, 11) is 3.45. The minimum Gasteiger partial charge on any atom is -0.497 e. The number of rotatable bonds is 7. The summed E-state index contributed by atoms with van der Waals surface area (Å²) in [6, 6.07) is 5.96. The SMILES string of the molecule is COc1ccc(OCC(=O)N(C)C2CC2)c(CCN)c1. The summed E-state index contributed by atoms with van der Waals surface area (Å²) in [4.78, 5) is 13.7. The molecule has 20 heavy (non-hydrogen) atoms. The lowest BCUT2D eigenvalue weighted by Crippen LogP contribution is -2.33. The lowest BCUT2D eigenvalue weighted by atomic mass is 10.1. The van der Waals surface area contributed by atoms with Crippen LogP contribution in [0.25, 0.3) is 0 Å². The number of nitrogens with zero attached hydrogens (tertiary/aromatic N) is 1. The first-order chi connectivity index (χ1) is 9.65. The number of carbonyl (C=O) groups excluding carboxylic acids is 1. The van der Waals surface area contributed by atoms with E-state index in [9.17, 15) is 4.79 Å². The first-order valence-corrected chi connectivity index (χ1v) is 6.91. The lowest BCUT2D eigenvalue weighted by Gasteiger charge is -2.17. The normalized spacial score (nSPS) is 13.9. The molecular formula is C15H22N2O3. The second kappa shape index (κ2) is 6.61. The van der Waals surface area contributed by atoms with Crippen LogP contribution in [0.3, 0.4) is 0 Å². The summed E-state index contributed by atoms with van der Waals surface area (Å²) in [5.41, 5.74) is 6.57. The Kier molecular flexibility index (Phi) is 4.84. The largest absolute Gasteiger partial charge is 0.497 e. The topological polar surface area (TPSA) is 64.8 Å². The van der Waals surface area contributed by atoms with E-state index in [1.807, 2.05) is 25.2 Å². The molecule has 1 aliphatic rings. The molecule has 0 atom stereocenters. The third kappa shape index (κ3) is 3.63. The predicted molar refractivity (Wildman–Crippen MR) is 77.0 cm³/mol. The van der Waals surface area contributed by atoms with Crippen molar-refractivity contribution in [3.8, 4) is 11.5 Å². The number of methoxy groups -OCH3 is 1. The second-order valence-electron chi connectivity index (χ2n) is 5.04. The van der Waals surface area contributed by atoms with Gasteiger partial charge in [-0.05, 0) is 49.6 Å². The Morgan fingerprint density at radius 3 is 2.80 bits per heavy atom. The predicted octanol–water partition coefficient (Wildman–Crippen LogP) is 1.20. The molecule has 0 unspecified atom stereocenters. The number of ether oxygens (including phenoxy) is 2. The first-order valence-electron chi connectivity index (χ1n) is 6.91. The maximum Gasteiger partial charge on any atom is 0.260 e. The molecule has 1 saturated carbocycles. The van der Waals surface area contributed by atoms with Crippen molar-refractivity contribution in [2.45, 2.75) is 25.3 Å². The number of likely N-dealkylation sites (N-methyl/N-ethyl adjacent to an activating group) is 1. The number of nitrogens with two attached hydrogens (primary N) is 1. The number of benzene rings is 1. The molecule has 2 N–H and O–H groups in total. The number of hydrogen-bond donors (Lipinski definition) is 1. The van der Waals surface area contributed by atoms with E-state index in [2.05, 4.69) is 0 Å². The van der Waals surface area contributed by atoms with Gasteiger partial charge in [0.1, 0.15) is 11.5 Å². The second-order valence-corrected chi connectivity index (χ2v) is 5.04. The zero-order valence-corrected chi connectivity index (χ0v) is 12.1. The fraction of sp³-hybridized carbons (Fsp3) is 0.533. The molecule has 0 heterocycles. The number of carbonyl (C=O) groups is 1. The molecule has 1 aliphatic carbocycles. The van der Waals surface area contributed by atoms with Gasteiger partial charge in [0.05, 0.1) is 7.11 Å². The van der Waals surface area contributed by atoms with Gasteiger partial charge in [-0.25, -0.2) is 0 Å². The minimum atomic E-state index is 0.0158. The molecule has 1 aromatic rings. The fourth-order valence-corrected chi connectivity index (χ4v) is 2.08. The summed E-state index contributed by atoms with van der Waals surface area (Å²) in [5, 5.41) is 0. The van der Waals surface area contributed by atoms with Crippen LogP contribution in [0, 0.1) is 0 Å². The molecule has 0 radical (unpaired) electrons. The monoisotopic (exact) mass is 278 g/mol.